The highest BCUT2D eigenvalue weighted by Gasteiger charge is 2.32. The highest BCUT2D eigenvalue weighted by molar-refractivity contribution is 7.89. The van der Waals surface area contributed by atoms with Crippen LogP contribution >= 0.6 is 0 Å². The van der Waals surface area contributed by atoms with E-state index in [-0.39, 0.29) is 18.9 Å². The highest BCUT2D eigenvalue weighted by Crippen LogP contribution is 2.37. The molecule has 0 aromatic heterocycles. The fourth-order valence-electron chi connectivity index (χ4n) is 5.37. The van der Waals surface area contributed by atoms with Crippen molar-refractivity contribution in [2.75, 3.05) is 24.3 Å². The molecule has 0 radical (unpaired) electrons. The van der Waals surface area contributed by atoms with E-state index in [1.54, 1.807) is 29.6 Å². The summed E-state index contributed by atoms with van der Waals surface area (Å²) in [5, 5.41) is 11.2. The Hall–Kier alpha value is -3.40. The molecule has 3 aromatic rings. The van der Waals surface area contributed by atoms with Gasteiger partial charge in [-0.05, 0) is 71.7 Å². The van der Waals surface area contributed by atoms with Crippen LogP contribution in [0.3, 0.4) is 0 Å². The molecule has 0 saturated carbocycles. The summed E-state index contributed by atoms with van der Waals surface area (Å²) in [7, 11) is -1.99. The smallest absolute Gasteiger partial charge is 0.304 e. The number of aryl methyl sites for hydroxylation is 1. The first-order valence-corrected chi connectivity index (χ1v) is 14.1. The van der Waals surface area contributed by atoms with Gasteiger partial charge in [-0.3, -0.25) is 4.79 Å². The fourth-order valence-corrected chi connectivity index (χ4v) is 7.14. The summed E-state index contributed by atoms with van der Waals surface area (Å²) < 4.78 is 28.9. The second kappa shape index (κ2) is 10.8. The molecule has 1 aliphatic rings. The molecule has 0 spiro atoms. The summed E-state index contributed by atoms with van der Waals surface area (Å²) in [6.45, 7) is 6.49. The van der Waals surface area contributed by atoms with Gasteiger partial charge in [-0.2, -0.15) is 4.31 Å². The van der Waals surface area contributed by atoms with Gasteiger partial charge in [0, 0.05) is 26.1 Å². The van der Waals surface area contributed by atoms with E-state index >= 15 is 0 Å². The molecule has 4 rings (SSSR count). The minimum Gasteiger partial charge on any atom is -0.481 e. The summed E-state index contributed by atoms with van der Waals surface area (Å²) in [5.74, 6) is 4.66. The van der Waals surface area contributed by atoms with Crippen molar-refractivity contribution in [3.05, 3.63) is 88.0 Å². The second-order valence-electron chi connectivity index (χ2n) is 10.4. The largest absolute Gasteiger partial charge is 0.481 e. The van der Waals surface area contributed by atoms with Gasteiger partial charge in [-0.1, -0.05) is 49.4 Å². The average Bonchev–Trinajstić information content (AvgIpc) is 2.94. The number of nitrogens with two attached hydrogens (primary N) is 2. The highest BCUT2D eigenvalue weighted by atomic mass is 32.2. The van der Waals surface area contributed by atoms with Crippen molar-refractivity contribution >= 4 is 27.4 Å². The van der Waals surface area contributed by atoms with Crippen LogP contribution in [0.1, 0.15) is 52.6 Å². The van der Waals surface area contributed by atoms with Crippen molar-refractivity contribution in [2.45, 2.75) is 51.0 Å². The molecule has 1 heterocycles. The van der Waals surface area contributed by atoms with Gasteiger partial charge in [-0.15, -0.1) is 0 Å². The van der Waals surface area contributed by atoms with Crippen LogP contribution in [0.4, 0.5) is 11.4 Å². The lowest BCUT2D eigenvalue weighted by Gasteiger charge is -2.26. The third-order valence-electron chi connectivity index (χ3n) is 7.46. The zero-order valence-corrected chi connectivity index (χ0v) is 23.1. The van der Waals surface area contributed by atoms with Gasteiger partial charge in [0.25, 0.3) is 0 Å². The zero-order chi connectivity index (χ0) is 27.8. The lowest BCUT2D eigenvalue weighted by atomic mass is 9.84. The molecule has 0 amide bonds. The number of hydrogen-bond acceptors (Lipinski definition) is 6. The van der Waals surface area contributed by atoms with Gasteiger partial charge in [0.15, 0.2) is 0 Å². The Morgan fingerprint density at radius 2 is 1.87 bits per heavy atom. The lowest BCUT2D eigenvalue weighted by Crippen LogP contribution is -2.33. The first-order chi connectivity index (χ1) is 17.9. The number of anilines is 2. The number of aliphatic carboxylic acids is 1. The van der Waals surface area contributed by atoms with Crippen molar-refractivity contribution in [3.8, 4) is 0 Å². The maximum atomic E-state index is 13.7. The molecule has 5 N–H and O–H groups in total. The first kappa shape index (κ1) is 27.6. The number of carboxylic acid groups (broad SMARTS) is 1. The van der Waals surface area contributed by atoms with Crippen molar-refractivity contribution in [1.82, 2.24) is 4.31 Å². The number of hydrazine groups is 1. The van der Waals surface area contributed by atoms with Gasteiger partial charge in [0.2, 0.25) is 10.0 Å². The zero-order valence-electron chi connectivity index (χ0n) is 22.3. The SMILES string of the molecule is Cc1ccc(C(CC(=O)O)c2ccc(N(C)N)c(N)c2C)cc1CN1CC(C)Cc2ccccc2S1(=O)=O. The normalized spacial score (nSPS) is 17.9. The van der Waals surface area contributed by atoms with Crippen molar-refractivity contribution in [3.63, 3.8) is 0 Å². The molecule has 3 aromatic carbocycles. The summed E-state index contributed by atoms with van der Waals surface area (Å²) in [4.78, 5) is 12.3. The number of nitrogens with zero attached hydrogens (tertiary/aromatic N) is 2. The van der Waals surface area contributed by atoms with Crippen molar-refractivity contribution in [1.29, 1.82) is 0 Å². The number of hydrogen-bond donors (Lipinski definition) is 3. The summed E-state index contributed by atoms with van der Waals surface area (Å²) in [5.41, 5.74) is 12.5. The van der Waals surface area contributed by atoms with E-state index in [4.69, 9.17) is 11.6 Å². The van der Waals surface area contributed by atoms with Crippen LogP contribution in [-0.2, 0) is 27.8 Å². The van der Waals surface area contributed by atoms with Gasteiger partial charge in [0.05, 0.1) is 22.7 Å². The molecule has 0 aliphatic carbocycles. The Kier molecular flexibility index (Phi) is 7.83. The molecule has 1 aliphatic heterocycles. The topological polar surface area (TPSA) is 130 Å². The van der Waals surface area contributed by atoms with E-state index in [0.29, 0.717) is 29.2 Å². The van der Waals surface area contributed by atoms with Crippen LogP contribution in [0.2, 0.25) is 0 Å². The molecule has 202 valence electrons. The third kappa shape index (κ3) is 5.41. The number of nitrogen functional groups attached to an aromatic ring is 1. The summed E-state index contributed by atoms with van der Waals surface area (Å²) in [6, 6.07) is 16.7. The fraction of sp³-hybridized carbons (Fsp3) is 0.345. The molecule has 38 heavy (non-hydrogen) atoms. The van der Waals surface area contributed by atoms with E-state index in [0.717, 1.165) is 33.4 Å². The average molecular weight is 537 g/mol. The van der Waals surface area contributed by atoms with Crippen LogP contribution < -0.4 is 16.6 Å². The summed E-state index contributed by atoms with van der Waals surface area (Å²) in [6.07, 6.45) is 0.563. The number of carbonyl (C=O) groups is 1. The number of fused-ring (bicyclic) bond motifs is 1. The van der Waals surface area contributed by atoms with Crippen molar-refractivity contribution < 1.29 is 18.3 Å². The monoisotopic (exact) mass is 536 g/mol. The van der Waals surface area contributed by atoms with Crippen molar-refractivity contribution in [2.24, 2.45) is 11.8 Å². The molecule has 8 nitrogen and oxygen atoms in total. The molecule has 0 saturated heterocycles. The predicted octanol–water partition coefficient (Wildman–Crippen LogP) is 4.19. The van der Waals surface area contributed by atoms with E-state index in [1.165, 1.54) is 5.01 Å². The Morgan fingerprint density at radius 1 is 1.16 bits per heavy atom. The molecule has 0 fully saturated rings. The number of sulfonamides is 1. The third-order valence-corrected chi connectivity index (χ3v) is 9.38. The van der Waals surface area contributed by atoms with Gasteiger partial charge < -0.3 is 15.8 Å². The standard InChI is InChI=1S/C29H36N4O4S/c1-18-13-22-7-5-6-8-27(22)38(36,37)33(16-18)17-23-14-21(10-9-19(23)2)25(15-28(34)35)24-11-12-26(32(4)31)29(30)20(24)3/h5-12,14,18,25H,13,15-17,30-31H2,1-4H3,(H,34,35). The van der Waals surface area contributed by atoms with Crippen LogP contribution in [-0.4, -0.2) is 37.4 Å². The molecule has 0 bridgehead atoms. The van der Waals surface area contributed by atoms with Gasteiger partial charge in [0.1, 0.15) is 0 Å². The van der Waals surface area contributed by atoms with Crippen LogP contribution in [0.25, 0.3) is 0 Å². The first-order valence-electron chi connectivity index (χ1n) is 12.7. The second-order valence-corrected chi connectivity index (χ2v) is 12.3. The van der Waals surface area contributed by atoms with E-state index in [2.05, 4.69) is 6.92 Å². The number of carboxylic acids is 1. The van der Waals surface area contributed by atoms with Gasteiger partial charge in [-0.25, -0.2) is 14.3 Å². The Balaban J connectivity index is 1.76. The van der Waals surface area contributed by atoms with Gasteiger partial charge >= 0.3 is 5.97 Å². The minimum atomic E-state index is -3.69. The molecule has 2 unspecified atom stereocenters. The number of rotatable bonds is 7. The Morgan fingerprint density at radius 3 is 2.55 bits per heavy atom. The Labute approximate surface area is 224 Å². The Bertz CT molecular complexity index is 1470. The lowest BCUT2D eigenvalue weighted by molar-refractivity contribution is -0.137. The minimum absolute atomic E-state index is 0.132. The molecular weight excluding hydrogens is 500 g/mol. The van der Waals surface area contributed by atoms with E-state index in [1.807, 2.05) is 50.2 Å². The predicted molar refractivity (Wildman–Crippen MR) is 150 cm³/mol. The van der Waals surface area contributed by atoms with Crippen LogP contribution in [0.15, 0.2) is 59.5 Å². The maximum absolute atomic E-state index is 13.7. The van der Waals surface area contributed by atoms with Crippen LogP contribution in [0, 0.1) is 19.8 Å². The van der Waals surface area contributed by atoms with E-state index in [9.17, 15) is 18.3 Å². The maximum Gasteiger partial charge on any atom is 0.304 e. The number of benzene rings is 3. The van der Waals surface area contributed by atoms with Crippen LogP contribution in [0.5, 0.6) is 0 Å². The molecule has 2 atom stereocenters. The molecular formula is C29H36N4O4S. The quantitative estimate of drug-likeness (QED) is 0.235. The van der Waals surface area contributed by atoms with E-state index < -0.39 is 21.9 Å². The summed E-state index contributed by atoms with van der Waals surface area (Å²) >= 11 is 0. The molecule has 9 heteroatoms.